The van der Waals surface area contributed by atoms with Crippen LogP contribution in [0.1, 0.15) is 44.4 Å². The van der Waals surface area contributed by atoms with Crippen LogP contribution >= 0.6 is 0 Å². The lowest BCUT2D eigenvalue weighted by molar-refractivity contribution is -0.0568. The Morgan fingerprint density at radius 2 is 1.68 bits per heavy atom. The average Bonchev–Trinajstić information content (AvgIpc) is 2.90. The highest BCUT2D eigenvalue weighted by Crippen LogP contribution is 2.43. The van der Waals surface area contributed by atoms with Gasteiger partial charge in [-0.1, -0.05) is 18.2 Å². The van der Waals surface area contributed by atoms with Gasteiger partial charge in [-0.05, 0) is 89.7 Å². The van der Waals surface area contributed by atoms with Crippen molar-refractivity contribution in [1.82, 2.24) is 9.96 Å². The van der Waals surface area contributed by atoms with Gasteiger partial charge < -0.3 is 24.5 Å². The number of nitrogens with zero attached hydrogens (tertiary/aromatic N) is 2. The highest BCUT2D eigenvalue weighted by molar-refractivity contribution is 5.88. The van der Waals surface area contributed by atoms with Crippen molar-refractivity contribution in [3.63, 3.8) is 0 Å². The molecule has 214 valence electrons. The maximum atomic E-state index is 14.0. The first-order valence-corrected chi connectivity index (χ1v) is 13.8. The van der Waals surface area contributed by atoms with E-state index < -0.39 is 0 Å². The lowest BCUT2D eigenvalue weighted by atomic mass is 9.85. The van der Waals surface area contributed by atoms with Crippen molar-refractivity contribution in [3.8, 4) is 28.4 Å². The Labute approximate surface area is 238 Å². The fourth-order valence-corrected chi connectivity index (χ4v) is 5.16. The zero-order chi connectivity index (χ0) is 29.0. The SMILES string of the molecule is CCN(CCN(C)C)Oc1ccc(-c2ccc3c(c2COc2cc(F)ccc2C)C(C)=CC(C)(C)N3)c(OC)c1. The molecule has 3 aromatic carbocycles. The largest absolute Gasteiger partial charge is 0.496 e. The van der Waals surface area contributed by atoms with Gasteiger partial charge in [-0.2, -0.15) is 0 Å². The van der Waals surface area contributed by atoms with E-state index >= 15 is 0 Å². The van der Waals surface area contributed by atoms with E-state index in [0.717, 1.165) is 58.7 Å². The van der Waals surface area contributed by atoms with Gasteiger partial charge in [-0.15, -0.1) is 5.06 Å². The summed E-state index contributed by atoms with van der Waals surface area (Å²) < 4.78 is 26.2. The van der Waals surface area contributed by atoms with Gasteiger partial charge in [0.05, 0.1) is 12.6 Å². The van der Waals surface area contributed by atoms with E-state index in [9.17, 15) is 4.39 Å². The maximum absolute atomic E-state index is 14.0. The van der Waals surface area contributed by atoms with E-state index in [4.69, 9.17) is 14.3 Å². The number of anilines is 1. The van der Waals surface area contributed by atoms with Crippen molar-refractivity contribution in [3.05, 3.63) is 77.1 Å². The Hall–Kier alpha value is -3.55. The molecule has 0 fully saturated rings. The molecule has 0 aliphatic carbocycles. The molecule has 0 amide bonds. The fourth-order valence-electron chi connectivity index (χ4n) is 5.16. The van der Waals surface area contributed by atoms with Gasteiger partial charge in [-0.25, -0.2) is 4.39 Å². The molecule has 1 aliphatic heterocycles. The molecule has 3 aromatic rings. The summed E-state index contributed by atoms with van der Waals surface area (Å²) in [6.45, 7) is 13.1. The summed E-state index contributed by atoms with van der Waals surface area (Å²) in [5, 5.41) is 5.58. The van der Waals surface area contributed by atoms with Crippen LogP contribution < -0.4 is 19.6 Å². The molecular weight excluding hydrogens is 505 g/mol. The predicted octanol–water partition coefficient (Wildman–Crippen LogP) is 7.17. The van der Waals surface area contributed by atoms with Gasteiger partial charge in [0.2, 0.25) is 0 Å². The third-order valence-corrected chi connectivity index (χ3v) is 7.11. The smallest absolute Gasteiger partial charge is 0.151 e. The number of allylic oxidation sites excluding steroid dienone is 1. The quantitative estimate of drug-likeness (QED) is 0.257. The van der Waals surface area contributed by atoms with E-state index in [0.29, 0.717) is 17.2 Å². The number of ether oxygens (including phenoxy) is 2. The number of rotatable bonds is 11. The predicted molar refractivity (Wildman–Crippen MR) is 162 cm³/mol. The van der Waals surface area contributed by atoms with Crippen LogP contribution in [-0.2, 0) is 6.61 Å². The van der Waals surface area contributed by atoms with Gasteiger partial charge in [0.25, 0.3) is 0 Å². The van der Waals surface area contributed by atoms with Crippen LogP contribution in [0.5, 0.6) is 17.2 Å². The second-order valence-electron chi connectivity index (χ2n) is 11.2. The number of halogens is 1. The third kappa shape index (κ3) is 6.77. The molecule has 0 bridgehead atoms. The second-order valence-corrected chi connectivity index (χ2v) is 11.2. The summed E-state index contributed by atoms with van der Waals surface area (Å²) in [5.74, 6) is 1.63. The first kappa shape index (κ1) is 29.4. The highest BCUT2D eigenvalue weighted by Gasteiger charge is 2.27. The summed E-state index contributed by atoms with van der Waals surface area (Å²) in [4.78, 5) is 8.32. The number of likely N-dealkylation sites (N-methyl/N-ethyl adjacent to an activating group) is 2. The van der Waals surface area contributed by atoms with Crippen LogP contribution in [0.25, 0.3) is 16.7 Å². The van der Waals surface area contributed by atoms with Gasteiger partial charge in [0.15, 0.2) is 5.75 Å². The van der Waals surface area contributed by atoms with E-state index in [1.807, 2.05) is 30.2 Å². The molecule has 0 saturated carbocycles. The summed E-state index contributed by atoms with van der Waals surface area (Å²) in [7, 11) is 5.77. The molecule has 4 rings (SSSR count). The molecule has 0 saturated heterocycles. The van der Waals surface area contributed by atoms with E-state index in [2.05, 4.69) is 70.2 Å². The topological polar surface area (TPSA) is 46.2 Å². The summed E-state index contributed by atoms with van der Waals surface area (Å²) in [6, 6.07) is 14.8. The zero-order valence-electron chi connectivity index (χ0n) is 25.0. The minimum atomic E-state index is -0.320. The summed E-state index contributed by atoms with van der Waals surface area (Å²) >= 11 is 0. The van der Waals surface area contributed by atoms with Gasteiger partial charge >= 0.3 is 0 Å². The fraction of sp³-hybridized carbons (Fsp3) is 0.394. The molecule has 0 aromatic heterocycles. The number of nitrogens with one attached hydrogen (secondary N) is 1. The number of hydrogen-bond acceptors (Lipinski definition) is 6. The molecule has 7 heteroatoms. The molecule has 6 nitrogen and oxygen atoms in total. The second kappa shape index (κ2) is 12.3. The molecule has 1 N–H and O–H groups in total. The monoisotopic (exact) mass is 547 g/mol. The van der Waals surface area contributed by atoms with Crippen LogP contribution in [0.15, 0.2) is 54.6 Å². The Morgan fingerprint density at radius 3 is 2.38 bits per heavy atom. The Bertz CT molecular complexity index is 1380. The van der Waals surface area contributed by atoms with Gasteiger partial charge in [0.1, 0.15) is 23.9 Å². The lowest BCUT2D eigenvalue weighted by Gasteiger charge is -2.33. The number of hydrogen-bond donors (Lipinski definition) is 1. The first-order valence-electron chi connectivity index (χ1n) is 13.8. The highest BCUT2D eigenvalue weighted by atomic mass is 19.1. The van der Waals surface area contributed by atoms with Crippen LogP contribution in [0.2, 0.25) is 0 Å². The summed E-state index contributed by atoms with van der Waals surface area (Å²) in [5.41, 5.74) is 6.93. The normalized spacial score (nSPS) is 14.0. The van der Waals surface area contributed by atoms with Crippen molar-refractivity contribution in [2.24, 2.45) is 0 Å². The number of fused-ring (bicyclic) bond motifs is 1. The van der Waals surface area contributed by atoms with Crippen molar-refractivity contribution < 1.29 is 18.7 Å². The molecule has 40 heavy (non-hydrogen) atoms. The van der Waals surface area contributed by atoms with E-state index in [1.165, 1.54) is 12.1 Å². The van der Waals surface area contributed by atoms with Crippen LogP contribution in [0, 0.1) is 12.7 Å². The van der Waals surface area contributed by atoms with Crippen LogP contribution in [-0.4, -0.2) is 56.3 Å². The molecule has 0 radical (unpaired) electrons. The van der Waals surface area contributed by atoms with Crippen molar-refractivity contribution >= 4 is 11.3 Å². The number of aryl methyl sites for hydroxylation is 1. The van der Waals surface area contributed by atoms with Crippen molar-refractivity contribution in [2.75, 3.05) is 46.2 Å². The Kier molecular flexibility index (Phi) is 9.06. The molecule has 0 spiro atoms. The van der Waals surface area contributed by atoms with Crippen molar-refractivity contribution in [2.45, 2.75) is 46.8 Å². The molecule has 0 unspecified atom stereocenters. The zero-order valence-corrected chi connectivity index (χ0v) is 25.0. The molecule has 0 atom stereocenters. The minimum absolute atomic E-state index is 0.176. The third-order valence-electron chi connectivity index (χ3n) is 7.11. The van der Waals surface area contributed by atoms with Crippen LogP contribution in [0.4, 0.5) is 10.1 Å². The minimum Gasteiger partial charge on any atom is -0.496 e. The maximum Gasteiger partial charge on any atom is 0.151 e. The molecule has 1 aliphatic rings. The van der Waals surface area contributed by atoms with E-state index in [1.54, 1.807) is 13.2 Å². The van der Waals surface area contributed by atoms with Crippen molar-refractivity contribution in [1.29, 1.82) is 0 Å². The Balaban J connectivity index is 1.76. The summed E-state index contributed by atoms with van der Waals surface area (Å²) in [6.07, 6.45) is 2.23. The Morgan fingerprint density at radius 1 is 0.925 bits per heavy atom. The number of methoxy groups -OCH3 is 1. The average molecular weight is 548 g/mol. The van der Waals surface area contributed by atoms with E-state index in [-0.39, 0.29) is 18.0 Å². The molecule has 1 heterocycles. The first-order chi connectivity index (χ1) is 19.0. The van der Waals surface area contributed by atoms with Gasteiger partial charge in [-0.3, -0.25) is 0 Å². The van der Waals surface area contributed by atoms with Gasteiger partial charge in [0, 0.05) is 54.1 Å². The standard InChI is InChI=1S/C33H42FN3O3/c1-9-37(17-16-36(6)7)40-25-12-13-27(31(19-25)38-8)26-14-15-29-32(23(3)20-33(4,5)35-29)28(26)21-39-30-18-24(34)11-10-22(30)2/h10-15,18-20,35H,9,16-17,21H2,1-8H3. The molecular formula is C33H42FN3O3. The number of benzene rings is 3. The number of hydroxylamine groups is 2. The van der Waals surface area contributed by atoms with Crippen LogP contribution in [0.3, 0.4) is 0 Å². The lowest BCUT2D eigenvalue weighted by Crippen LogP contribution is -2.34.